The summed E-state index contributed by atoms with van der Waals surface area (Å²) in [6.45, 7) is 3.04. The molecule has 2 rings (SSSR count). The Morgan fingerprint density at radius 2 is 2.09 bits per heavy atom. The first-order valence-electron chi connectivity index (χ1n) is 7.87. The number of carboxylic acid groups (broad SMARTS) is 1. The topological polar surface area (TPSA) is 76.1 Å². The maximum absolute atomic E-state index is 12.7. The van der Waals surface area contributed by atoms with Gasteiger partial charge in [0.1, 0.15) is 11.5 Å². The number of ether oxygens (including phenoxy) is 2. The van der Waals surface area contributed by atoms with Crippen molar-refractivity contribution in [3.63, 3.8) is 0 Å². The first kappa shape index (κ1) is 17.1. The molecule has 1 aromatic rings. The van der Waals surface area contributed by atoms with Crippen LogP contribution in [-0.2, 0) is 4.79 Å². The molecule has 0 aromatic heterocycles. The average molecular weight is 321 g/mol. The fraction of sp³-hybridized carbons (Fsp3) is 0.529. The quantitative estimate of drug-likeness (QED) is 0.756. The highest BCUT2D eigenvalue weighted by atomic mass is 16.5. The zero-order chi connectivity index (χ0) is 16.8. The summed E-state index contributed by atoms with van der Waals surface area (Å²) in [5, 5.41) is 8.81. The van der Waals surface area contributed by atoms with Gasteiger partial charge >= 0.3 is 5.97 Å². The van der Waals surface area contributed by atoms with Crippen LogP contribution in [0.1, 0.15) is 36.5 Å². The molecule has 1 aliphatic rings. The number of carboxylic acids is 1. The van der Waals surface area contributed by atoms with Crippen LogP contribution in [0.3, 0.4) is 0 Å². The van der Waals surface area contributed by atoms with E-state index in [4.69, 9.17) is 14.6 Å². The normalized spacial score (nSPS) is 13.5. The van der Waals surface area contributed by atoms with Crippen molar-refractivity contribution in [3.8, 4) is 11.5 Å². The molecule has 1 saturated carbocycles. The number of rotatable bonds is 9. The molecule has 6 heteroatoms. The van der Waals surface area contributed by atoms with Crippen LogP contribution in [0.5, 0.6) is 11.5 Å². The third-order valence-electron chi connectivity index (χ3n) is 3.86. The predicted molar refractivity (Wildman–Crippen MR) is 85.0 cm³/mol. The van der Waals surface area contributed by atoms with Crippen LogP contribution >= 0.6 is 0 Å². The molecule has 0 saturated heterocycles. The zero-order valence-electron chi connectivity index (χ0n) is 13.6. The van der Waals surface area contributed by atoms with Crippen molar-refractivity contribution in [2.45, 2.75) is 26.2 Å². The standard InChI is InChI=1S/C17H23NO5/c1-3-18(9-8-16(19)20)17(21)14-7-6-13(22-2)10-15(14)23-11-12-4-5-12/h6-7,10,12H,3-5,8-9,11H2,1-2H3,(H,19,20). The number of nitrogens with zero attached hydrogens (tertiary/aromatic N) is 1. The van der Waals surface area contributed by atoms with E-state index in [2.05, 4.69) is 0 Å². The van der Waals surface area contributed by atoms with E-state index in [0.29, 0.717) is 36.1 Å². The summed E-state index contributed by atoms with van der Waals surface area (Å²) in [6.07, 6.45) is 2.24. The van der Waals surface area contributed by atoms with Gasteiger partial charge in [-0.2, -0.15) is 0 Å². The van der Waals surface area contributed by atoms with Gasteiger partial charge in [-0.3, -0.25) is 9.59 Å². The molecule has 1 N–H and O–H groups in total. The van der Waals surface area contributed by atoms with E-state index in [1.54, 1.807) is 25.3 Å². The monoisotopic (exact) mass is 321 g/mol. The molecule has 0 bridgehead atoms. The Bertz CT molecular complexity index is 568. The van der Waals surface area contributed by atoms with Crippen molar-refractivity contribution in [1.29, 1.82) is 0 Å². The van der Waals surface area contributed by atoms with E-state index < -0.39 is 5.97 Å². The molecule has 0 atom stereocenters. The molecule has 1 amide bonds. The van der Waals surface area contributed by atoms with Crippen LogP contribution in [0.25, 0.3) is 0 Å². The molecule has 23 heavy (non-hydrogen) atoms. The van der Waals surface area contributed by atoms with E-state index in [1.807, 2.05) is 6.92 Å². The first-order chi connectivity index (χ1) is 11.0. The summed E-state index contributed by atoms with van der Waals surface area (Å²) in [7, 11) is 1.56. The second-order valence-electron chi connectivity index (χ2n) is 5.65. The molecule has 1 aliphatic carbocycles. The van der Waals surface area contributed by atoms with E-state index in [-0.39, 0.29) is 18.9 Å². The number of carbonyl (C=O) groups is 2. The van der Waals surface area contributed by atoms with Crippen molar-refractivity contribution < 1.29 is 24.2 Å². The largest absolute Gasteiger partial charge is 0.497 e. The Morgan fingerprint density at radius 1 is 1.35 bits per heavy atom. The average Bonchev–Trinajstić information content (AvgIpc) is 3.37. The Kier molecular flexibility index (Phi) is 5.84. The Hall–Kier alpha value is -2.24. The van der Waals surface area contributed by atoms with Gasteiger partial charge in [0.2, 0.25) is 0 Å². The number of benzene rings is 1. The van der Waals surface area contributed by atoms with Crippen molar-refractivity contribution in [2.75, 3.05) is 26.8 Å². The maximum Gasteiger partial charge on any atom is 0.305 e. The van der Waals surface area contributed by atoms with Crippen molar-refractivity contribution in [2.24, 2.45) is 5.92 Å². The minimum absolute atomic E-state index is 0.0754. The third kappa shape index (κ3) is 4.87. The summed E-state index contributed by atoms with van der Waals surface area (Å²) < 4.78 is 11.0. The van der Waals surface area contributed by atoms with E-state index >= 15 is 0 Å². The van der Waals surface area contributed by atoms with Gasteiger partial charge in [-0.05, 0) is 37.8 Å². The minimum atomic E-state index is -0.920. The molecule has 0 unspecified atom stereocenters. The number of amides is 1. The van der Waals surface area contributed by atoms with Gasteiger partial charge < -0.3 is 19.5 Å². The van der Waals surface area contributed by atoms with E-state index in [1.165, 1.54) is 4.90 Å². The highest BCUT2D eigenvalue weighted by Gasteiger charge is 2.24. The summed E-state index contributed by atoms with van der Waals surface area (Å²) in [5.74, 6) is 0.549. The number of hydrogen-bond donors (Lipinski definition) is 1. The lowest BCUT2D eigenvalue weighted by atomic mass is 10.1. The van der Waals surface area contributed by atoms with Gasteiger partial charge in [0.15, 0.2) is 0 Å². The van der Waals surface area contributed by atoms with Crippen LogP contribution in [0.15, 0.2) is 18.2 Å². The number of aliphatic carboxylic acids is 1. The Balaban J connectivity index is 2.16. The lowest BCUT2D eigenvalue weighted by Gasteiger charge is -2.22. The van der Waals surface area contributed by atoms with Crippen LogP contribution in [-0.4, -0.2) is 48.7 Å². The first-order valence-corrected chi connectivity index (χ1v) is 7.87. The van der Waals surface area contributed by atoms with Gasteiger partial charge in [-0.15, -0.1) is 0 Å². The van der Waals surface area contributed by atoms with Crippen molar-refractivity contribution in [1.82, 2.24) is 4.90 Å². The lowest BCUT2D eigenvalue weighted by molar-refractivity contribution is -0.137. The van der Waals surface area contributed by atoms with Gasteiger partial charge in [0.25, 0.3) is 5.91 Å². The van der Waals surface area contributed by atoms with Crippen LogP contribution in [0.2, 0.25) is 0 Å². The van der Waals surface area contributed by atoms with Crippen molar-refractivity contribution >= 4 is 11.9 Å². The SMILES string of the molecule is CCN(CCC(=O)O)C(=O)c1ccc(OC)cc1OCC1CC1. The minimum Gasteiger partial charge on any atom is -0.497 e. The van der Waals surface area contributed by atoms with Crippen LogP contribution < -0.4 is 9.47 Å². The van der Waals surface area contributed by atoms with Gasteiger partial charge in [0.05, 0.1) is 25.7 Å². The maximum atomic E-state index is 12.7. The molecule has 0 spiro atoms. The zero-order valence-corrected chi connectivity index (χ0v) is 13.6. The number of carbonyl (C=O) groups excluding carboxylic acids is 1. The van der Waals surface area contributed by atoms with Crippen LogP contribution in [0.4, 0.5) is 0 Å². The fourth-order valence-electron chi connectivity index (χ4n) is 2.22. The predicted octanol–water partition coefficient (Wildman–Crippen LogP) is 2.42. The van der Waals surface area contributed by atoms with Gasteiger partial charge in [-0.1, -0.05) is 0 Å². The summed E-state index contributed by atoms with van der Waals surface area (Å²) >= 11 is 0. The molecule has 6 nitrogen and oxygen atoms in total. The second-order valence-corrected chi connectivity index (χ2v) is 5.65. The summed E-state index contributed by atoms with van der Waals surface area (Å²) in [6, 6.07) is 5.09. The molecule has 0 heterocycles. The molecule has 0 radical (unpaired) electrons. The fourth-order valence-corrected chi connectivity index (χ4v) is 2.22. The van der Waals surface area contributed by atoms with Gasteiger partial charge in [0, 0.05) is 19.2 Å². The molecule has 1 fully saturated rings. The van der Waals surface area contributed by atoms with E-state index in [0.717, 1.165) is 12.8 Å². The summed E-state index contributed by atoms with van der Waals surface area (Å²) in [5.41, 5.74) is 0.443. The third-order valence-corrected chi connectivity index (χ3v) is 3.86. The Labute approximate surface area is 136 Å². The molecule has 0 aliphatic heterocycles. The number of hydrogen-bond acceptors (Lipinski definition) is 4. The summed E-state index contributed by atoms with van der Waals surface area (Å²) in [4.78, 5) is 24.9. The lowest BCUT2D eigenvalue weighted by Crippen LogP contribution is -2.33. The molecule has 126 valence electrons. The van der Waals surface area contributed by atoms with Gasteiger partial charge in [-0.25, -0.2) is 0 Å². The van der Waals surface area contributed by atoms with Crippen molar-refractivity contribution in [3.05, 3.63) is 23.8 Å². The number of methoxy groups -OCH3 is 1. The highest BCUT2D eigenvalue weighted by Crippen LogP contribution is 2.32. The smallest absolute Gasteiger partial charge is 0.305 e. The van der Waals surface area contributed by atoms with E-state index in [9.17, 15) is 9.59 Å². The van der Waals surface area contributed by atoms with Crippen LogP contribution in [0, 0.1) is 5.92 Å². The second kappa shape index (κ2) is 7.85. The molecule has 1 aromatic carbocycles. The Morgan fingerprint density at radius 3 is 2.65 bits per heavy atom. The molecular formula is C17H23NO5. The molecular weight excluding hydrogens is 298 g/mol. The highest BCUT2D eigenvalue weighted by molar-refractivity contribution is 5.97.